The highest BCUT2D eigenvalue weighted by Gasteiger charge is 2.17. The first-order valence-electron chi connectivity index (χ1n) is 9.25. The second-order valence-corrected chi connectivity index (χ2v) is 6.73. The van der Waals surface area contributed by atoms with E-state index >= 15 is 0 Å². The zero-order valence-electron chi connectivity index (χ0n) is 15.7. The number of nitrogens with zero attached hydrogens (tertiary/aromatic N) is 2. The Morgan fingerprint density at radius 3 is 2.26 bits per heavy atom. The van der Waals surface area contributed by atoms with Gasteiger partial charge >= 0.3 is 0 Å². The molecular weight excluding hydrogens is 345 g/mol. The number of hydrogen-bond acceptors (Lipinski definition) is 4. The first-order valence-corrected chi connectivity index (χ1v) is 9.25. The second-order valence-electron chi connectivity index (χ2n) is 6.73. The van der Waals surface area contributed by atoms with E-state index in [0.29, 0.717) is 12.1 Å². The summed E-state index contributed by atoms with van der Waals surface area (Å²) in [5.41, 5.74) is 1.77. The van der Waals surface area contributed by atoms with Crippen LogP contribution >= 0.6 is 0 Å². The molecule has 144 valence electrons. The Hall–Kier alpha value is -2.44. The van der Waals surface area contributed by atoms with Gasteiger partial charge in [0.1, 0.15) is 11.6 Å². The third kappa shape index (κ3) is 5.77. The molecule has 0 unspecified atom stereocenters. The average molecular weight is 371 g/mol. The highest BCUT2D eigenvalue weighted by Crippen LogP contribution is 2.11. The van der Waals surface area contributed by atoms with E-state index in [2.05, 4.69) is 15.1 Å². The van der Waals surface area contributed by atoms with Crippen molar-refractivity contribution in [2.75, 3.05) is 46.4 Å². The number of piperazine rings is 1. The summed E-state index contributed by atoms with van der Waals surface area (Å²) >= 11 is 0. The minimum atomic E-state index is -0.194. The van der Waals surface area contributed by atoms with Crippen LogP contribution in [0.4, 0.5) is 4.39 Å². The predicted octanol–water partition coefficient (Wildman–Crippen LogP) is 2.38. The number of hydrogen-bond donors (Lipinski definition) is 1. The molecule has 1 aliphatic heterocycles. The van der Waals surface area contributed by atoms with E-state index in [4.69, 9.17) is 4.74 Å². The first kappa shape index (κ1) is 19.3. The molecule has 0 saturated carbocycles. The molecule has 0 spiro atoms. The molecule has 2 aromatic rings. The van der Waals surface area contributed by atoms with E-state index in [0.717, 1.165) is 50.6 Å². The first-order chi connectivity index (χ1) is 13.1. The third-order valence-electron chi connectivity index (χ3n) is 4.85. The molecule has 27 heavy (non-hydrogen) atoms. The van der Waals surface area contributed by atoms with Crippen LogP contribution in [0.5, 0.6) is 5.75 Å². The largest absolute Gasteiger partial charge is 0.497 e. The SMILES string of the molecule is COc1ccc(C(=O)NCCN2CCN(Cc3ccc(F)cc3)CC2)cc1. The molecule has 5 nitrogen and oxygen atoms in total. The van der Waals surface area contributed by atoms with Gasteiger partial charge in [0.25, 0.3) is 5.91 Å². The van der Waals surface area contributed by atoms with Crippen LogP contribution in [0.3, 0.4) is 0 Å². The Kier molecular flexibility index (Phi) is 6.79. The van der Waals surface area contributed by atoms with Crippen LogP contribution in [0.25, 0.3) is 0 Å². The Labute approximate surface area is 159 Å². The van der Waals surface area contributed by atoms with E-state index in [-0.39, 0.29) is 11.7 Å². The number of halogens is 1. The lowest BCUT2D eigenvalue weighted by molar-refractivity contribution is 0.0934. The van der Waals surface area contributed by atoms with Gasteiger partial charge in [0, 0.05) is 51.4 Å². The lowest BCUT2D eigenvalue weighted by Gasteiger charge is -2.34. The minimum absolute atomic E-state index is 0.0624. The monoisotopic (exact) mass is 371 g/mol. The van der Waals surface area contributed by atoms with Crippen LogP contribution < -0.4 is 10.1 Å². The van der Waals surface area contributed by atoms with E-state index in [9.17, 15) is 9.18 Å². The van der Waals surface area contributed by atoms with Crippen LogP contribution in [0, 0.1) is 5.82 Å². The maximum atomic E-state index is 13.0. The summed E-state index contributed by atoms with van der Waals surface area (Å²) in [4.78, 5) is 16.9. The van der Waals surface area contributed by atoms with Gasteiger partial charge in [0.15, 0.2) is 0 Å². The molecule has 1 aliphatic rings. The Morgan fingerprint density at radius 1 is 1.00 bits per heavy atom. The summed E-state index contributed by atoms with van der Waals surface area (Å²) in [6.07, 6.45) is 0. The van der Waals surface area contributed by atoms with Gasteiger partial charge in [-0.3, -0.25) is 14.6 Å². The molecule has 1 saturated heterocycles. The molecule has 1 N–H and O–H groups in total. The highest BCUT2D eigenvalue weighted by atomic mass is 19.1. The van der Waals surface area contributed by atoms with E-state index in [1.807, 2.05) is 12.1 Å². The number of benzene rings is 2. The molecule has 6 heteroatoms. The molecule has 0 aliphatic carbocycles. The van der Waals surface area contributed by atoms with Crippen molar-refractivity contribution in [3.05, 3.63) is 65.5 Å². The van der Waals surface area contributed by atoms with Crippen molar-refractivity contribution in [2.24, 2.45) is 0 Å². The Bertz CT molecular complexity index is 726. The van der Waals surface area contributed by atoms with Gasteiger partial charge in [-0.15, -0.1) is 0 Å². The maximum Gasteiger partial charge on any atom is 0.251 e. The number of ether oxygens (including phenoxy) is 1. The molecule has 1 fully saturated rings. The number of carbonyl (C=O) groups is 1. The fourth-order valence-corrected chi connectivity index (χ4v) is 3.19. The molecule has 3 rings (SSSR count). The quantitative estimate of drug-likeness (QED) is 0.812. The molecule has 0 radical (unpaired) electrons. The summed E-state index contributed by atoms with van der Waals surface area (Å²) in [5, 5.41) is 2.97. The lowest BCUT2D eigenvalue weighted by atomic mass is 10.2. The fraction of sp³-hybridized carbons (Fsp3) is 0.381. The number of nitrogens with one attached hydrogen (secondary N) is 1. The van der Waals surface area contributed by atoms with Crippen LogP contribution in [0.15, 0.2) is 48.5 Å². The summed E-state index contributed by atoms with van der Waals surface area (Å²) in [7, 11) is 1.61. The van der Waals surface area contributed by atoms with E-state index in [1.165, 1.54) is 12.1 Å². The van der Waals surface area contributed by atoms with Gasteiger partial charge in [-0.25, -0.2) is 4.39 Å². The maximum absolute atomic E-state index is 13.0. The summed E-state index contributed by atoms with van der Waals surface area (Å²) in [6, 6.07) is 13.8. The van der Waals surface area contributed by atoms with Gasteiger partial charge in [-0.2, -0.15) is 0 Å². The van der Waals surface area contributed by atoms with E-state index < -0.39 is 0 Å². The predicted molar refractivity (Wildman–Crippen MR) is 103 cm³/mol. The summed E-state index contributed by atoms with van der Waals surface area (Å²) in [6.45, 7) is 6.21. The molecule has 0 atom stereocenters. The van der Waals surface area contributed by atoms with Crippen molar-refractivity contribution in [1.29, 1.82) is 0 Å². The van der Waals surface area contributed by atoms with Gasteiger partial charge < -0.3 is 10.1 Å². The zero-order valence-corrected chi connectivity index (χ0v) is 15.7. The topological polar surface area (TPSA) is 44.8 Å². The van der Waals surface area contributed by atoms with Gasteiger partial charge in [-0.1, -0.05) is 12.1 Å². The van der Waals surface area contributed by atoms with Crippen LogP contribution in [-0.4, -0.2) is 62.1 Å². The van der Waals surface area contributed by atoms with Crippen molar-refractivity contribution in [1.82, 2.24) is 15.1 Å². The lowest BCUT2D eigenvalue weighted by Crippen LogP contribution is -2.48. The van der Waals surface area contributed by atoms with E-state index in [1.54, 1.807) is 31.4 Å². The molecule has 1 heterocycles. The number of amides is 1. The average Bonchev–Trinajstić information content (AvgIpc) is 2.71. The van der Waals surface area contributed by atoms with Crippen molar-refractivity contribution in [3.8, 4) is 5.75 Å². The van der Waals surface area contributed by atoms with Crippen molar-refractivity contribution >= 4 is 5.91 Å². The van der Waals surface area contributed by atoms with Gasteiger partial charge in [-0.05, 0) is 42.0 Å². The number of methoxy groups -OCH3 is 1. The van der Waals surface area contributed by atoms with Crippen molar-refractivity contribution in [2.45, 2.75) is 6.54 Å². The molecule has 0 aromatic heterocycles. The Balaban J connectivity index is 1.35. The smallest absolute Gasteiger partial charge is 0.251 e. The fourth-order valence-electron chi connectivity index (χ4n) is 3.19. The van der Waals surface area contributed by atoms with Gasteiger partial charge in [0.2, 0.25) is 0 Å². The van der Waals surface area contributed by atoms with Crippen LogP contribution in [0.2, 0.25) is 0 Å². The molecular formula is C21H26FN3O2. The zero-order chi connectivity index (χ0) is 19.1. The van der Waals surface area contributed by atoms with Crippen molar-refractivity contribution in [3.63, 3.8) is 0 Å². The highest BCUT2D eigenvalue weighted by molar-refractivity contribution is 5.94. The summed E-state index contributed by atoms with van der Waals surface area (Å²) < 4.78 is 18.1. The number of carbonyl (C=O) groups excluding carboxylic acids is 1. The van der Waals surface area contributed by atoms with Crippen molar-refractivity contribution < 1.29 is 13.9 Å². The molecule has 0 bridgehead atoms. The normalized spacial score (nSPS) is 15.5. The Morgan fingerprint density at radius 2 is 1.63 bits per heavy atom. The van der Waals surface area contributed by atoms with Crippen LogP contribution in [-0.2, 0) is 6.54 Å². The molecule has 1 amide bonds. The third-order valence-corrected chi connectivity index (χ3v) is 4.85. The van der Waals surface area contributed by atoms with Gasteiger partial charge in [0.05, 0.1) is 7.11 Å². The van der Waals surface area contributed by atoms with Crippen LogP contribution in [0.1, 0.15) is 15.9 Å². The molecule has 2 aromatic carbocycles. The second kappa shape index (κ2) is 9.48. The standard InChI is InChI=1S/C21H26FN3O2/c1-27-20-8-4-18(5-9-20)21(26)23-10-11-24-12-14-25(15-13-24)16-17-2-6-19(22)7-3-17/h2-9H,10-16H2,1H3,(H,23,26). The number of rotatable bonds is 7. The summed E-state index contributed by atoms with van der Waals surface area (Å²) in [5.74, 6) is 0.484. The minimum Gasteiger partial charge on any atom is -0.497 e.